The van der Waals surface area contributed by atoms with Crippen LogP contribution in [0.5, 0.6) is 11.5 Å². The maximum Gasteiger partial charge on any atom is 0.179 e. The van der Waals surface area contributed by atoms with E-state index in [-0.39, 0.29) is 0 Å². The first-order valence-corrected chi connectivity index (χ1v) is 5.29. The van der Waals surface area contributed by atoms with E-state index < -0.39 is 0 Å². The maximum atomic E-state index is 6.20. The third kappa shape index (κ3) is 2.68. The van der Waals surface area contributed by atoms with Crippen LogP contribution in [-0.4, -0.2) is 20.8 Å². The van der Waals surface area contributed by atoms with E-state index in [4.69, 9.17) is 26.8 Å². The molecular formula is C12H16ClNO2. The number of hydrogen-bond acceptors (Lipinski definition) is 3. The van der Waals surface area contributed by atoms with E-state index in [1.165, 1.54) is 0 Å². The number of benzene rings is 1. The summed E-state index contributed by atoms with van der Waals surface area (Å²) < 4.78 is 10.4. The van der Waals surface area contributed by atoms with Gasteiger partial charge in [-0.25, -0.2) is 0 Å². The van der Waals surface area contributed by atoms with E-state index in [1.54, 1.807) is 14.2 Å². The minimum absolute atomic E-state index is 0.505. The van der Waals surface area contributed by atoms with Crippen molar-refractivity contribution in [3.63, 3.8) is 0 Å². The Labute approximate surface area is 101 Å². The molecule has 0 saturated carbocycles. The first kappa shape index (κ1) is 12.9. The third-order valence-corrected chi connectivity index (χ3v) is 2.63. The average Bonchev–Trinajstić information content (AvgIpc) is 2.31. The van der Waals surface area contributed by atoms with E-state index in [0.717, 1.165) is 11.1 Å². The highest BCUT2D eigenvalue weighted by Crippen LogP contribution is 2.37. The monoisotopic (exact) mass is 241 g/mol. The predicted molar refractivity (Wildman–Crippen MR) is 67.3 cm³/mol. The molecule has 1 aromatic carbocycles. The van der Waals surface area contributed by atoms with Crippen molar-refractivity contribution in [2.75, 3.05) is 20.8 Å². The number of methoxy groups -OCH3 is 2. The molecule has 1 rings (SSSR count). The molecule has 0 fully saturated rings. The standard InChI is InChI=1S/C12H16ClNO2/c1-8(7-14)6-9-4-5-10(15-2)12(16-3)11(9)13/h4-6H,7,14H2,1-3H3. The summed E-state index contributed by atoms with van der Waals surface area (Å²) in [6.45, 7) is 2.46. The summed E-state index contributed by atoms with van der Waals surface area (Å²) in [5.41, 5.74) is 7.46. The zero-order valence-electron chi connectivity index (χ0n) is 9.71. The van der Waals surface area contributed by atoms with Gasteiger partial charge in [0.05, 0.1) is 19.2 Å². The molecule has 16 heavy (non-hydrogen) atoms. The molecule has 0 radical (unpaired) electrons. The van der Waals surface area contributed by atoms with Gasteiger partial charge in [-0.15, -0.1) is 0 Å². The summed E-state index contributed by atoms with van der Waals surface area (Å²) in [5.74, 6) is 1.16. The topological polar surface area (TPSA) is 44.5 Å². The SMILES string of the molecule is COc1ccc(C=C(C)CN)c(Cl)c1OC. The lowest BCUT2D eigenvalue weighted by atomic mass is 10.1. The maximum absolute atomic E-state index is 6.20. The van der Waals surface area contributed by atoms with Crippen molar-refractivity contribution in [3.8, 4) is 11.5 Å². The van der Waals surface area contributed by atoms with Crippen molar-refractivity contribution in [2.45, 2.75) is 6.92 Å². The highest BCUT2D eigenvalue weighted by molar-refractivity contribution is 6.33. The lowest BCUT2D eigenvalue weighted by Gasteiger charge is -2.11. The lowest BCUT2D eigenvalue weighted by Crippen LogP contribution is -1.99. The lowest BCUT2D eigenvalue weighted by molar-refractivity contribution is 0.355. The van der Waals surface area contributed by atoms with Crippen LogP contribution in [0.15, 0.2) is 17.7 Å². The fraction of sp³-hybridized carbons (Fsp3) is 0.333. The van der Waals surface area contributed by atoms with Gasteiger partial charge in [0.25, 0.3) is 0 Å². The molecule has 0 aromatic heterocycles. The van der Waals surface area contributed by atoms with Gasteiger partial charge in [0, 0.05) is 6.54 Å². The van der Waals surface area contributed by atoms with Crippen LogP contribution in [0.4, 0.5) is 0 Å². The van der Waals surface area contributed by atoms with Gasteiger partial charge >= 0.3 is 0 Å². The van der Waals surface area contributed by atoms with Gasteiger partial charge in [0.2, 0.25) is 0 Å². The second-order valence-electron chi connectivity index (χ2n) is 3.40. The summed E-state index contributed by atoms with van der Waals surface area (Å²) in [7, 11) is 3.14. The van der Waals surface area contributed by atoms with Gasteiger partial charge in [0.1, 0.15) is 0 Å². The second-order valence-corrected chi connectivity index (χ2v) is 3.78. The minimum Gasteiger partial charge on any atom is -0.493 e. The molecule has 0 aliphatic heterocycles. The molecule has 0 heterocycles. The average molecular weight is 242 g/mol. The Morgan fingerprint density at radius 3 is 2.56 bits per heavy atom. The van der Waals surface area contributed by atoms with Crippen LogP contribution in [0, 0.1) is 0 Å². The first-order chi connectivity index (χ1) is 7.63. The molecule has 0 saturated heterocycles. The van der Waals surface area contributed by atoms with E-state index in [0.29, 0.717) is 23.1 Å². The fourth-order valence-corrected chi connectivity index (χ4v) is 1.63. The summed E-state index contributed by atoms with van der Waals surface area (Å²) in [6, 6.07) is 3.70. The van der Waals surface area contributed by atoms with Gasteiger partial charge in [0.15, 0.2) is 11.5 Å². The Morgan fingerprint density at radius 1 is 1.38 bits per heavy atom. The van der Waals surface area contributed by atoms with Gasteiger partial charge in [-0.05, 0) is 24.6 Å². The molecule has 0 amide bonds. The van der Waals surface area contributed by atoms with Crippen molar-refractivity contribution in [1.29, 1.82) is 0 Å². The molecule has 1 aromatic rings. The van der Waals surface area contributed by atoms with Gasteiger partial charge in [-0.1, -0.05) is 23.3 Å². The zero-order chi connectivity index (χ0) is 12.1. The summed E-state index contributed by atoms with van der Waals surface area (Å²) >= 11 is 6.20. The Hall–Kier alpha value is -1.19. The van der Waals surface area contributed by atoms with Crippen LogP contribution in [0.3, 0.4) is 0 Å². The normalized spacial score (nSPS) is 11.4. The molecule has 0 atom stereocenters. The number of hydrogen-bond donors (Lipinski definition) is 1. The third-order valence-electron chi connectivity index (χ3n) is 2.24. The van der Waals surface area contributed by atoms with Crippen LogP contribution in [-0.2, 0) is 0 Å². The molecule has 0 aliphatic rings. The van der Waals surface area contributed by atoms with Gasteiger partial charge in [-0.2, -0.15) is 0 Å². The molecular weight excluding hydrogens is 226 g/mol. The summed E-state index contributed by atoms with van der Waals surface area (Å²) in [4.78, 5) is 0. The van der Waals surface area contributed by atoms with Crippen LogP contribution in [0.25, 0.3) is 6.08 Å². The molecule has 0 aliphatic carbocycles. The van der Waals surface area contributed by atoms with E-state index >= 15 is 0 Å². The number of ether oxygens (including phenoxy) is 2. The van der Waals surface area contributed by atoms with Crippen molar-refractivity contribution in [3.05, 3.63) is 28.3 Å². The first-order valence-electron chi connectivity index (χ1n) is 4.91. The highest BCUT2D eigenvalue weighted by atomic mass is 35.5. The molecule has 88 valence electrons. The molecule has 4 heteroatoms. The van der Waals surface area contributed by atoms with Gasteiger partial charge in [-0.3, -0.25) is 0 Å². The summed E-state index contributed by atoms with van der Waals surface area (Å²) in [6.07, 6.45) is 1.93. The van der Waals surface area contributed by atoms with Crippen molar-refractivity contribution in [2.24, 2.45) is 5.73 Å². The van der Waals surface area contributed by atoms with Crippen molar-refractivity contribution in [1.82, 2.24) is 0 Å². The van der Waals surface area contributed by atoms with Crippen molar-refractivity contribution < 1.29 is 9.47 Å². The Kier molecular flexibility index (Phi) is 4.65. The van der Waals surface area contributed by atoms with Gasteiger partial charge < -0.3 is 15.2 Å². The number of nitrogens with two attached hydrogens (primary N) is 1. The molecule has 0 bridgehead atoms. The smallest absolute Gasteiger partial charge is 0.179 e. The fourth-order valence-electron chi connectivity index (χ4n) is 1.34. The predicted octanol–water partition coefficient (Wildman–Crippen LogP) is 2.72. The van der Waals surface area contributed by atoms with E-state index in [2.05, 4.69) is 0 Å². The van der Waals surface area contributed by atoms with Crippen molar-refractivity contribution >= 4 is 17.7 Å². The zero-order valence-corrected chi connectivity index (χ0v) is 10.5. The van der Waals surface area contributed by atoms with Crippen LogP contribution >= 0.6 is 11.6 Å². The minimum atomic E-state index is 0.505. The Bertz CT molecular complexity index is 402. The highest BCUT2D eigenvalue weighted by Gasteiger charge is 2.11. The molecule has 0 spiro atoms. The number of rotatable bonds is 4. The molecule has 0 unspecified atom stereocenters. The quantitative estimate of drug-likeness (QED) is 0.882. The summed E-state index contributed by atoms with van der Waals surface area (Å²) in [5, 5.41) is 0.537. The number of halogens is 1. The largest absolute Gasteiger partial charge is 0.493 e. The van der Waals surface area contributed by atoms with Crippen LogP contribution < -0.4 is 15.2 Å². The van der Waals surface area contributed by atoms with E-state index in [9.17, 15) is 0 Å². The van der Waals surface area contributed by atoms with Crippen LogP contribution in [0.2, 0.25) is 5.02 Å². The Morgan fingerprint density at radius 2 is 2.06 bits per heavy atom. The molecule has 3 nitrogen and oxygen atoms in total. The second kappa shape index (κ2) is 5.77. The van der Waals surface area contributed by atoms with E-state index in [1.807, 2.05) is 25.1 Å². The molecule has 2 N–H and O–H groups in total. The Balaban J connectivity index is 3.24. The van der Waals surface area contributed by atoms with Crippen LogP contribution in [0.1, 0.15) is 12.5 Å².